The molecule has 0 aromatic heterocycles. The Labute approximate surface area is 169 Å². The predicted octanol–water partition coefficient (Wildman–Crippen LogP) is 4.33. The van der Waals surface area contributed by atoms with Gasteiger partial charge in [-0.2, -0.15) is 0 Å². The molecule has 0 bridgehead atoms. The first-order chi connectivity index (χ1) is 13.6. The minimum atomic E-state index is -0.584. The van der Waals surface area contributed by atoms with Crippen LogP contribution in [-0.2, 0) is 20.9 Å². The molecule has 5 heteroatoms. The standard InChI is InChI=1S/C23H20ClNO3/c24-20-14-8-7-13-19(20)15-25-21(26)16-28-23(27)22(17-9-3-1-4-10-17)18-11-5-2-6-12-18/h1-14,22H,15-16H2,(H,25,26). The van der Waals surface area contributed by atoms with Crippen LogP contribution < -0.4 is 5.32 Å². The summed E-state index contributed by atoms with van der Waals surface area (Å²) >= 11 is 6.08. The topological polar surface area (TPSA) is 55.4 Å². The SMILES string of the molecule is O=C(COC(=O)C(c1ccccc1)c1ccccc1)NCc1ccccc1Cl. The van der Waals surface area contributed by atoms with E-state index in [4.69, 9.17) is 16.3 Å². The Morgan fingerprint density at radius 3 is 1.93 bits per heavy atom. The number of nitrogens with one attached hydrogen (secondary N) is 1. The number of benzene rings is 3. The first-order valence-corrected chi connectivity index (χ1v) is 9.29. The van der Waals surface area contributed by atoms with E-state index in [-0.39, 0.29) is 19.1 Å². The van der Waals surface area contributed by atoms with Crippen molar-refractivity contribution in [3.05, 3.63) is 107 Å². The Morgan fingerprint density at radius 2 is 1.36 bits per heavy atom. The fraction of sp³-hybridized carbons (Fsp3) is 0.130. The quantitative estimate of drug-likeness (QED) is 0.608. The van der Waals surface area contributed by atoms with Gasteiger partial charge in [0.2, 0.25) is 0 Å². The van der Waals surface area contributed by atoms with Gasteiger partial charge in [0.15, 0.2) is 6.61 Å². The van der Waals surface area contributed by atoms with Crippen LogP contribution in [0.5, 0.6) is 0 Å². The number of amides is 1. The average Bonchev–Trinajstić information content (AvgIpc) is 2.73. The van der Waals surface area contributed by atoms with Gasteiger partial charge < -0.3 is 10.1 Å². The van der Waals surface area contributed by atoms with Crippen molar-refractivity contribution in [3.8, 4) is 0 Å². The lowest BCUT2D eigenvalue weighted by Crippen LogP contribution is -2.30. The molecule has 0 fully saturated rings. The molecule has 3 aromatic rings. The molecule has 1 amide bonds. The highest BCUT2D eigenvalue weighted by molar-refractivity contribution is 6.31. The second-order valence-electron chi connectivity index (χ2n) is 6.23. The summed E-state index contributed by atoms with van der Waals surface area (Å²) in [5.74, 6) is -1.43. The third kappa shape index (κ3) is 5.21. The van der Waals surface area contributed by atoms with Crippen molar-refractivity contribution < 1.29 is 14.3 Å². The van der Waals surface area contributed by atoms with Crippen LogP contribution in [0.25, 0.3) is 0 Å². The second-order valence-corrected chi connectivity index (χ2v) is 6.64. The van der Waals surface area contributed by atoms with Gasteiger partial charge in [0.05, 0.1) is 0 Å². The molecule has 0 aliphatic carbocycles. The van der Waals surface area contributed by atoms with Crippen LogP contribution in [0.3, 0.4) is 0 Å². The fourth-order valence-electron chi connectivity index (χ4n) is 2.86. The van der Waals surface area contributed by atoms with Crippen LogP contribution in [0.15, 0.2) is 84.9 Å². The molecule has 0 atom stereocenters. The van der Waals surface area contributed by atoms with E-state index in [9.17, 15) is 9.59 Å². The Kier molecular flexibility index (Phi) is 6.82. The smallest absolute Gasteiger partial charge is 0.318 e. The summed E-state index contributed by atoms with van der Waals surface area (Å²) in [5.41, 5.74) is 2.43. The molecule has 0 saturated heterocycles. The Bertz CT molecular complexity index is 889. The van der Waals surface area contributed by atoms with Crippen LogP contribution in [0.2, 0.25) is 5.02 Å². The summed E-state index contributed by atoms with van der Waals surface area (Å²) < 4.78 is 5.31. The number of carbonyl (C=O) groups excluding carboxylic acids is 2. The Morgan fingerprint density at radius 1 is 0.821 bits per heavy atom. The number of carbonyl (C=O) groups is 2. The zero-order chi connectivity index (χ0) is 19.8. The molecule has 0 radical (unpaired) electrons. The van der Waals surface area contributed by atoms with Crippen molar-refractivity contribution in [1.82, 2.24) is 5.32 Å². The van der Waals surface area contributed by atoms with Crippen LogP contribution in [-0.4, -0.2) is 18.5 Å². The van der Waals surface area contributed by atoms with Crippen molar-refractivity contribution in [2.24, 2.45) is 0 Å². The van der Waals surface area contributed by atoms with Gasteiger partial charge in [-0.15, -0.1) is 0 Å². The molecular weight excluding hydrogens is 374 g/mol. The van der Waals surface area contributed by atoms with Crippen LogP contribution in [0, 0.1) is 0 Å². The highest BCUT2D eigenvalue weighted by Gasteiger charge is 2.24. The molecule has 0 spiro atoms. The van der Waals surface area contributed by atoms with E-state index in [1.165, 1.54) is 0 Å². The lowest BCUT2D eigenvalue weighted by Gasteiger charge is -2.17. The maximum absolute atomic E-state index is 12.8. The van der Waals surface area contributed by atoms with Crippen LogP contribution in [0.4, 0.5) is 0 Å². The van der Waals surface area contributed by atoms with E-state index in [2.05, 4.69) is 5.32 Å². The lowest BCUT2D eigenvalue weighted by atomic mass is 9.91. The van der Waals surface area contributed by atoms with Gasteiger partial charge in [0, 0.05) is 11.6 Å². The second kappa shape index (κ2) is 9.72. The molecule has 1 N–H and O–H groups in total. The summed E-state index contributed by atoms with van der Waals surface area (Å²) in [4.78, 5) is 24.8. The molecule has 0 saturated carbocycles. The minimum absolute atomic E-state index is 0.275. The minimum Gasteiger partial charge on any atom is -0.455 e. The molecule has 0 heterocycles. The van der Waals surface area contributed by atoms with E-state index < -0.39 is 11.9 Å². The molecule has 0 unspecified atom stereocenters. The summed E-state index contributed by atoms with van der Waals surface area (Å²) in [6.07, 6.45) is 0. The molecule has 3 aromatic carbocycles. The zero-order valence-corrected chi connectivity index (χ0v) is 15.9. The maximum Gasteiger partial charge on any atom is 0.318 e. The van der Waals surface area contributed by atoms with E-state index in [1.807, 2.05) is 78.9 Å². The number of ether oxygens (including phenoxy) is 1. The zero-order valence-electron chi connectivity index (χ0n) is 15.2. The molecule has 0 aliphatic rings. The van der Waals surface area contributed by atoms with Crippen LogP contribution >= 0.6 is 11.6 Å². The monoisotopic (exact) mass is 393 g/mol. The van der Waals surface area contributed by atoms with Crippen molar-refractivity contribution in [2.75, 3.05) is 6.61 Å². The number of esters is 1. The molecule has 0 aliphatic heterocycles. The summed E-state index contributed by atoms with van der Waals surface area (Å²) in [7, 11) is 0. The summed E-state index contributed by atoms with van der Waals surface area (Å²) in [6.45, 7) is -0.0731. The molecule has 4 nitrogen and oxygen atoms in total. The number of rotatable bonds is 7. The lowest BCUT2D eigenvalue weighted by molar-refractivity contribution is -0.149. The number of hydrogen-bond donors (Lipinski definition) is 1. The molecule has 3 rings (SSSR count). The Balaban J connectivity index is 1.62. The average molecular weight is 394 g/mol. The van der Waals surface area contributed by atoms with Gasteiger partial charge in [-0.1, -0.05) is 90.5 Å². The fourth-order valence-corrected chi connectivity index (χ4v) is 3.06. The van der Waals surface area contributed by atoms with E-state index in [0.29, 0.717) is 5.02 Å². The number of halogens is 1. The van der Waals surface area contributed by atoms with Gasteiger partial charge >= 0.3 is 5.97 Å². The highest BCUT2D eigenvalue weighted by Crippen LogP contribution is 2.25. The third-order valence-corrected chi connectivity index (χ3v) is 4.65. The normalized spacial score (nSPS) is 10.5. The molecule has 142 valence electrons. The van der Waals surface area contributed by atoms with E-state index in [1.54, 1.807) is 6.07 Å². The summed E-state index contributed by atoms with van der Waals surface area (Å²) in [5, 5.41) is 3.29. The van der Waals surface area contributed by atoms with Gasteiger partial charge in [-0.05, 0) is 22.8 Å². The van der Waals surface area contributed by atoms with Gasteiger partial charge in [0.25, 0.3) is 5.91 Å². The highest BCUT2D eigenvalue weighted by atomic mass is 35.5. The summed E-state index contributed by atoms with van der Waals surface area (Å²) in [6, 6.07) is 26.0. The van der Waals surface area contributed by atoms with Crippen molar-refractivity contribution >= 4 is 23.5 Å². The first-order valence-electron chi connectivity index (χ1n) is 8.92. The van der Waals surface area contributed by atoms with Gasteiger partial charge in [-0.3, -0.25) is 9.59 Å². The largest absolute Gasteiger partial charge is 0.455 e. The number of hydrogen-bond acceptors (Lipinski definition) is 3. The van der Waals surface area contributed by atoms with Crippen molar-refractivity contribution in [2.45, 2.75) is 12.5 Å². The first kappa shape index (κ1) is 19.6. The Hall–Kier alpha value is -3.11. The molecular formula is C23H20ClNO3. The van der Waals surface area contributed by atoms with Crippen LogP contribution in [0.1, 0.15) is 22.6 Å². The van der Waals surface area contributed by atoms with E-state index >= 15 is 0 Å². The molecule has 28 heavy (non-hydrogen) atoms. The van der Waals surface area contributed by atoms with Crippen molar-refractivity contribution in [1.29, 1.82) is 0 Å². The van der Waals surface area contributed by atoms with Crippen molar-refractivity contribution in [3.63, 3.8) is 0 Å². The van der Waals surface area contributed by atoms with E-state index in [0.717, 1.165) is 16.7 Å². The van der Waals surface area contributed by atoms with Gasteiger partial charge in [-0.25, -0.2) is 0 Å². The predicted molar refractivity (Wildman–Crippen MR) is 109 cm³/mol. The third-order valence-electron chi connectivity index (χ3n) is 4.28. The van der Waals surface area contributed by atoms with Gasteiger partial charge in [0.1, 0.15) is 5.92 Å². The maximum atomic E-state index is 12.8.